The van der Waals surface area contributed by atoms with E-state index < -0.39 is 18.4 Å². The van der Waals surface area contributed by atoms with Gasteiger partial charge in [0.15, 0.2) is 5.69 Å². The van der Waals surface area contributed by atoms with Crippen molar-refractivity contribution in [2.75, 3.05) is 23.3 Å². The molecule has 2 aromatic carbocycles. The number of rotatable bonds is 4. The number of carbonyl (C=O) groups is 1. The monoisotopic (exact) mass is 451 g/mol. The quantitative estimate of drug-likeness (QED) is 0.449. The molecule has 5 rings (SSSR count). The van der Waals surface area contributed by atoms with Crippen LogP contribution in [0.4, 0.5) is 24.7 Å². The molecule has 1 amide bonds. The number of anilines is 2. The average molecular weight is 451 g/mol. The minimum absolute atomic E-state index is 0.173. The normalized spacial score (nSPS) is 15.2. The van der Waals surface area contributed by atoms with Gasteiger partial charge >= 0.3 is 0 Å². The molecular weight excluding hydrogens is 431 g/mol. The summed E-state index contributed by atoms with van der Waals surface area (Å²) in [4.78, 5) is 18.6. The highest BCUT2D eigenvalue weighted by Gasteiger charge is 2.38. The lowest BCUT2D eigenvalue weighted by molar-refractivity contribution is 0.0256. The van der Waals surface area contributed by atoms with Crippen LogP contribution in [0.1, 0.15) is 22.5 Å². The van der Waals surface area contributed by atoms with E-state index in [2.05, 4.69) is 20.5 Å². The number of H-pyrrole nitrogens is 1. The molecule has 33 heavy (non-hydrogen) atoms. The molecule has 1 aliphatic heterocycles. The summed E-state index contributed by atoms with van der Waals surface area (Å²) in [6.07, 6.45) is 1.24. The Morgan fingerprint density at radius 2 is 2.03 bits per heavy atom. The van der Waals surface area contributed by atoms with Gasteiger partial charge in [0, 0.05) is 36.3 Å². The lowest BCUT2D eigenvalue weighted by Crippen LogP contribution is -2.25. The highest BCUT2D eigenvalue weighted by molar-refractivity contribution is 6.11. The van der Waals surface area contributed by atoms with Crippen LogP contribution in [0.3, 0.4) is 0 Å². The molecule has 0 saturated carbocycles. The fourth-order valence-corrected chi connectivity index (χ4v) is 4.07. The Morgan fingerprint density at radius 1 is 1.18 bits per heavy atom. The second-order valence-corrected chi connectivity index (χ2v) is 8.13. The summed E-state index contributed by atoms with van der Waals surface area (Å²) in [5.41, 5.74) is 3.26. The van der Waals surface area contributed by atoms with Crippen molar-refractivity contribution in [2.24, 2.45) is 0 Å². The van der Waals surface area contributed by atoms with Gasteiger partial charge in [-0.1, -0.05) is 18.2 Å². The molecule has 6 nitrogen and oxygen atoms in total. The average Bonchev–Trinajstić information content (AvgIpc) is 3.38. The predicted octanol–water partition coefficient (Wildman–Crippen LogP) is 5.17. The molecule has 0 unspecified atom stereocenters. The molecule has 3 heterocycles. The second-order valence-electron chi connectivity index (χ2n) is 8.13. The number of fused-ring (bicyclic) bond motifs is 1. The number of pyridine rings is 1. The number of hydrogen-bond donors (Lipinski definition) is 2. The maximum absolute atomic E-state index is 14.0. The molecule has 1 fully saturated rings. The van der Waals surface area contributed by atoms with E-state index >= 15 is 0 Å². The summed E-state index contributed by atoms with van der Waals surface area (Å²) in [6.45, 7) is 1.50. The summed E-state index contributed by atoms with van der Waals surface area (Å²) in [5.74, 6) is -3.13. The summed E-state index contributed by atoms with van der Waals surface area (Å²) >= 11 is 0. The third-order valence-electron chi connectivity index (χ3n) is 5.85. The van der Waals surface area contributed by atoms with E-state index in [1.807, 2.05) is 12.1 Å². The van der Waals surface area contributed by atoms with Crippen LogP contribution in [0, 0.1) is 12.7 Å². The zero-order valence-electron chi connectivity index (χ0n) is 17.7. The van der Waals surface area contributed by atoms with Crippen LogP contribution in [-0.4, -0.2) is 40.1 Å². The Hall–Kier alpha value is -3.88. The molecule has 9 heteroatoms. The minimum atomic E-state index is -2.74. The van der Waals surface area contributed by atoms with Crippen molar-refractivity contribution in [3.05, 3.63) is 71.8 Å². The topological polar surface area (TPSA) is 73.9 Å². The van der Waals surface area contributed by atoms with Crippen molar-refractivity contribution < 1.29 is 18.0 Å². The standard InChI is InChI=1S/C24H20F3N5O/c1-14-17(3-2-4-19(14)25)15-5-6-20-18(11-15)22(31-30-20)23(33)29-16-7-9-28-21(12-16)32-10-8-24(26,27)13-32/h2-7,9,11-12H,8,10,13H2,1H3,(H,30,31)(H,28,29,33). The number of halogens is 3. The Bertz CT molecular complexity index is 1370. The van der Waals surface area contributed by atoms with E-state index in [9.17, 15) is 18.0 Å². The maximum atomic E-state index is 14.0. The SMILES string of the molecule is Cc1c(F)cccc1-c1ccc2[nH]nc(C(=O)Nc3ccnc(N4CCC(F)(F)C4)c3)c2c1. The van der Waals surface area contributed by atoms with Crippen LogP contribution < -0.4 is 10.2 Å². The fraction of sp³-hybridized carbons (Fsp3) is 0.208. The minimum Gasteiger partial charge on any atom is -0.350 e. The van der Waals surface area contributed by atoms with Gasteiger partial charge in [0.05, 0.1) is 12.1 Å². The smallest absolute Gasteiger partial charge is 0.276 e. The third kappa shape index (κ3) is 4.02. The number of hydrogen-bond acceptors (Lipinski definition) is 4. The lowest BCUT2D eigenvalue weighted by Gasteiger charge is -2.17. The van der Waals surface area contributed by atoms with Crippen molar-refractivity contribution in [2.45, 2.75) is 19.3 Å². The molecule has 2 aromatic heterocycles. The summed E-state index contributed by atoms with van der Waals surface area (Å²) in [7, 11) is 0. The van der Waals surface area contributed by atoms with E-state index in [1.54, 1.807) is 37.3 Å². The van der Waals surface area contributed by atoms with Gasteiger partial charge in [0.1, 0.15) is 11.6 Å². The van der Waals surface area contributed by atoms with Crippen LogP contribution in [0.2, 0.25) is 0 Å². The highest BCUT2D eigenvalue weighted by atomic mass is 19.3. The third-order valence-corrected chi connectivity index (χ3v) is 5.85. The molecule has 0 aliphatic carbocycles. The van der Waals surface area contributed by atoms with E-state index in [1.165, 1.54) is 17.2 Å². The summed E-state index contributed by atoms with van der Waals surface area (Å²) < 4.78 is 41.1. The zero-order chi connectivity index (χ0) is 23.2. The number of nitrogens with one attached hydrogen (secondary N) is 2. The molecule has 0 radical (unpaired) electrons. The van der Waals surface area contributed by atoms with Crippen LogP contribution in [0.5, 0.6) is 0 Å². The first kappa shape index (κ1) is 21.0. The molecule has 1 saturated heterocycles. The fourth-order valence-electron chi connectivity index (χ4n) is 4.07. The van der Waals surface area contributed by atoms with Crippen LogP contribution in [-0.2, 0) is 0 Å². The number of aromatic amines is 1. The van der Waals surface area contributed by atoms with Gasteiger partial charge in [-0.3, -0.25) is 9.89 Å². The van der Waals surface area contributed by atoms with Crippen LogP contribution in [0.15, 0.2) is 54.7 Å². The van der Waals surface area contributed by atoms with Gasteiger partial charge in [-0.2, -0.15) is 5.10 Å². The van der Waals surface area contributed by atoms with E-state index in [0.29, 0.717) is 28.0 Å². The molecule has 0 atom stereocenters. The van der Waals surface area contributed by atoms with Gasteiger partial charge in [-0.25, -0.2) is 18.2 Å². The number of amides is 1. The summed E-state index contributed by atoms with van der Waals surface area (Å²) in [6, 6.07) is 13.4. The number of benzene rings is 2. The Labute approximate surface area is 187 Å². The van der Waals surface area contributed by atoms with Gasteiger partial charge < -0.3 is 10.2 Å². The number of alkyl halides is 2. The van der Waals surface area contributed by atoms with E-state index in [-0.39, 0.29) is 24.5 Å². The molecular formula is C24H20F3N5O. The first-order valence-corrected chi connectivity index (χ1v) is 10.4. The molecule has 0 bridgehead atoms. The number of aromatic nitrogens is 3. The van der Waals surface area contributed by atoms with Crippen molar-refractivity contribution in [3.8, 4) is 11.1 Å². The molecule has 0 spiro atoms. The molecule has 1 aliphatic rings. The van der Waals surface area contributed by atoms with Crippen LogP contribution >= 0.6 is 0 Å². The zero-order valence-corrected chi connectivity index (χ0v) is 17.7. The molecule has 2 N–H and O–H groups in total. The highest BCUT2D eigenvalue weighted by Crippen LogP contribution is 2.31. The lowest BCUT2D eigenvalue weighted by atomic mass is 9.98. The van der Waals surface area contributed by atoms with Crippen molar-refractivity contribution in [1.82, 2.24) is 15.2 Å². The van der Waals surface area contributed by atoms with Crippen molar-refractivity contribution in [1.29, 1.82) is 0 Å². The predicted molar refractivity (Wildman–Crippen MR) is 120 cm³/mol. The number of carbonyl (C=O) groups excluding carboxylic acids is 1. The van der Waals surface area contributed by atoms with Crippen LogP contribution in [0.25, 0.3) is 22.0 Å². The van der Waals surface area contributed by atoms with E-state index in [0.717, 1.165) is 11.1 Å². The van der Waals surface area contributed by atoms with Crippen molar-refractivity contribution in [3.63, 3.8) is 0 Å². The van der Waals surface area contributed by atoms with Gasteiger partial charge in [0.25, 0.3) is 11.8 Å². The second kappa shape index (κ2) is 7.91. The molecule has 168 valence electrons. The Morgan fingerprint density at radius 3 is 2.82 bits per heavy atom. The van der Waals surface area contributed by atoms with Gasteiger partial charge in [-0.15, -0.1) is 0 Å². The summed E-state index contributed by atoms with van der Waals surface area (Å²) in [5, 5.41) is 10.3. The Kier molecular flexibility index (Phi) is 5.03. The van der Waals surface area contributed by atoms with E-state index in [4.69, 9.17) is 0 Å². The van der Waals surface area contributed by atoms with Gasteiger partial charge in [-0.05, 0) is 47.9 Å². The first-order chi connectivity index (χ1) is 15.8. The first-order valence-electron chi connectivity index (χ1n) is 10.4. The maximum Gasteiger partial charge on any atom is 0.276 e. The molecule has 4 aromatic rings. The van der Waals surface area contributed by atoms with Crippen molar-refractivity contribution >= 4 is 28.3 Å². The van der Waals surface area contributed by atoms with Gasteiger partial charge in [0.2, 0.25) is 0 Å². The Balaban J connectivity index is 1.42. The number of nitrogens with zero attached hydrogens (tertiary/aromatic N) is 3. The largest absolute Gasteiger partial charge is 0.350 e.